The molecule has 0 bridgehead atoms. The van der Waals surface area contributed by atoms with Gasteiger partial charge < -0.3 is 34.1 Å². The molecule has 0 spiro atoms. The highest BCUT2D eigenvalue weighted by Crippen LogP contribution is 2.20. The number of carbonyl (C=O) groups is 4. The van der Waals surface area contributed by atoms with E-state index in [4.69, 9.17) is 18.9 Å². The van der Waals surface area contributed by atoms with Gasteiger partial charge in [-0.3, -0.25) is 19.2 Å². The predicted molar refractivity (Wildman–Crippen MR) is 315 cm³/mol. The summed E-state index contributed by atoms with van der Waals surface area (Å²) in [4.78, 5) is 58.2. The molecule has 0 aromatic carbocycles. The minimum Gasteiger partial charge on any atom is -0.466 e. The lowest BCUT2D eigenvalue weighted by molar-refractivity contribution is -0.159. The molecule has 0 aliphatic heterocycles. The van der Waals surface area contributed by atoms with Gasteiger partial charge in [-0.1, -0.05) is 182 Å². The van der Waals surface area contributed by atoms with Crippen molar-refractivity contribution in [3.8, 4) is 0 Å². The summed E-state index contributed by atoms with van der Waals surface area (Å²) in [5, 5.41) is 3.25. The Bertz CT molecular complexity index is 1330. The number of allylic oxidation sites excluding steroid dienone is 4. The number of esters is 2. The largest absolute Gasteiger partial charge is 0.466 e. The van der Waals surface area contributed by atoms with Crippen LogP contribution in [0.3, 0.4) is 0 Å². The zero-order valence-corrected chi connectivity index (χ0v) is 50.2. The van der Waals surface area contributed by atoms with Crippen molar-refractivity contribution < 1.29 is 38.1 Å². The Kier molecular flexibility index (Phi) is 53.9. The van der Waals surface area contributed by atoms with Gasteiger partial charge >= 0.3 is 11.9 Å². The first-order valence-corrected chi connectivity index (χ1v) is 31.8. The number of unbranched alkanes of at least 4 members (excludes halogenated alkanes) is 20. The molecular formula is C64H121N3O8. The maximum Gasteiger partial charge on any atom is 0.305 e. The lowest BCUT2D eigenvalue weighted by Crippen LogP contribution is -2.50. The van der Waals surface area contributed by atoms with E-state index in [9.17, 15) is 19.2 Å². The van der Waals surface area contributed by atoms with Crippen LogP contribution in [0.25, 0.3) is 0 Å². The van der Waals surface area contributed by atoms with Gasteiger partial charge in [0.15, 0.2) is 6.29 Å². The van der Waals surface area contributed by atoms with E-state index < -0.39 is 12.3 Å². The standard InChI is InChI=1S/C64H121N3O8/c1-8-15-20-24-29-32-39-51-65-64(71)59(46-36-30-27-28-31-37-48-61(69)75-57-58(44-19-12-5)45-35-23-18-11-4)67(53-43-52-66(13-6)14-7)60(68)47-38-42-54-72-62(70)49-50-63(73-55-40-33-25-21-16-9-2)74-56-41-34-26-22-17-10-3/h16-17,21-22,58-59,63H,8-15,18-20,23-57H2,1-7H3,(H,65,71)/b21-16-,22-17-. The van der Waals surface area contributed by atoms with E-state index in [0.29, 0.717) is 77.4 Å². The van der Waals surface area contributed by atoms with Crippen molar-refractivity contribution in [3.05, 3.63) is 24.3 Å². The molecule has 0 aromatic heterocycles. The summed E-state index contributed by atoms with van der Waals surface area (Å²) in [6, 6.07) is -0.521. The van der Waals surface area contributed by atoms with Crippen LogP contribution >= 0.6 is 0 Å². The number of hydrogen-bond donors (Lipinski definition) is 1. The molecule has 11 nitrogen and oxygen atoms in total. The smallest absolute Gasteiger partial charge is 0.305 e. The van der Waals surface area contributed by atoms with Gasteiger partial charge in [0.05, 0.1) is 19.6 Å². The Labute approximate surface area is 463 Å². The second-order valence-electron chi connectivity index (χ2n) is 21.2. The second kappa shape index (κ2) is 56.0. The minimum absolute atomic E-state index is 0.00285. The third kappa shape index (κ3) is 45.9. The highest BCUT2D eigenvalue weighted by molar-refractivity contribution is 5.87. The van der Waals surface area contributed by atoms with Gasteiger partial charge in [0.25, 0.3) is 0 Å². The number of rotatable bonds is 57. The molecule has 0 rings (SSSR count). The molecule has 0 radical (unpaired) electrons. The summed E-state index contributed by atoms with van der Waals surface area (Å²) >= 11 is 0. The SMILES string of the molecule is CC/C=C\CCCCOC(CCC(=O)OCCCCC(=O)N(CCCN(CC)CC)C(CCCCCCCCC(=O)OCC(CCCC)CCCCCC)C(=O)NCCCCCCCCC)OCCCC/C=C\CC. The zero-order chi connectivity index (χ0) is 55.1. The maximum absolute atomic E-state index is 14.2. The Morgan fingerprint density at radius 2 is 0.973 bits per heavy atom. The molecular weight excluding hydrogens is 939 g/mol. The molecule has 0 aromatic rings. The molecule has 1 N–H and O–H groups in total. The van der Waals surface area contributed by atoms with E-state index in [-0.39, 0.29) is 36.8 Å². The molecule has 440 valence electrons. The number of carbonyl (C=O) groups excluding carboxylic acids is 4. The third-order valence-electron chi connectivity index (χ3n) is 14.4. The van der Waals surface area contributed by atoms with Crippen molar-refractivity contribution >= 4 is 23.8 Å². The average Bonchev–Trinajstić information content (AvgIpc) is 3.41. The topological polar surface area (TPSA) is 124 Å². The zero-order valence-electron chi connectivity index (χ0n) is 50.2. The Hall–Kier alpha value is -2.76. The molecule has 2 unspecified atom stereocenters. The fraction of sp³-hybridized carbons (Fsp3) is 0.875. The van der Waals surface area contributed by atoms with E-state index in [1.807, 2.05) is 4.90 Å². The van der Waals surface area contributed by atoms with Crippen molar-refractivity contribution in [2.24, 2.45) is 5.92 Å². The van der Waals surface area contributed by atoms with E-state index in [1.165, 1.54) is 70.6 Å². The molecule has 75 heavy (non-hydrogen) atoms. The van der Waals surface area contributed by atoms with Crippen LogP contribution in [0.15, 0.2) is 24.3 Å². The van der Waals surface area contributed by atoms with Gasteiger partial charge in [-0.2, -0.15) is 0 Å². The van der Waals surface area contributed by atoms with E-state index in [0.717, 1.165) is 142 Å². The second-order valence-corrected chi connectivity index (χ2v) is 21.2. The summed E-state index contributed by atoms with van der Waals surface area (Å²) in [5.74, 6) is 0.0986. The first kappa shape index (κ1) is 72.2. The Balaban J connectivity index is 5.46. The van der Waals surface area contributed by atoms with Crippen molar-refractivity contribution in [2.75, 3.05) is 59.2 Å². The van der Waals surface area contributed by atoms with E-state index in [2.05, 4.69) is 83.0 Å². The lowest BCUT2D eigenvalue weighted by atomic mass is 9.96. The lowest BCUT2D eigenvalue weighted by Gasteiger charge is -2.32. The summed E-state index contributed by atoms with van der Waals surface area (Å²) in [6.45, 7) is 21.2. The summed E-state index contributed by atoms with van der Waals surface area (Å²) in [5.41, 5.74) is 0. The van der Waals surface area contributed by atoms with Crippen molar-refractivity contribution in [3.63, 3.8) is 0 Å². The van der Waals surface area contributed by atoms with Crippen LogP contribution in [-0.4, -0.2) is 105 Å². The fourth-order valence-electron chi connectivity index (χ4n) is 9.52. The van der Waals surface area contributed by atoms with Crippen LogP contribution in [0.2, 0.25) is 0 Å². The predicted octanol–water partition coefficient (Wildman–Crippen LogP) is 16.3. The highest BCUT2D eigenvalue weighted by atomic mass is 16.7. The third-order valence-corrected chi connectivity index (χ3v) is 14.4. The van der Waals surface area contributed by atoms with Gasteiger partial charge in [-0.05, 0) is 128 Å². The summed E-state index contributed by atoms with van der Waals surface area (Å²) < 4.78 is 23.7. The quantitative estimate of drug-likeness (QED) is 0.0274. The maximum atomic E-state index is 14.2. The summed E-state index contributed by atoms with van der Waals surface area (Å²) in [7, 11) is 0. The molecule has 2 atom stereocenters. The fourth-order valence-corrected chi connectivity index (χ4v) is 9.52. The number of nitrogens with one attached hydrogen (secondary N) is 1. The van der Waals surface area contributed by atoms with Crippen LogP contribution in [0, 0.1) is 5.92 Å². The van der Waals surface area contributed by atoms with Crippen molar-refractivity contribution in [1.29, 1.82) is 0 Å². The molecule has 0 heterocycles. The normalized spacial score (nSPS) is 12.6. The van der Waals surface area contributed by atoms with Crippen molar-refractivity contribution in [2.45, 2.75) is 298 Å². The number of nitrogens with zero attached hydrogens (tertiary/aromatic N) is 2. The van der Waals surface area contributed by atoms with Gasteiger partial charge in [0.1, 0.15) is 6.04 Å². The molecule has 0 aliphatic rings. The van der Waals surface area contributed by atoms with E-state index in [1.54, 1.807) is 0 Å². The molecule has 2 amide bonds. The van der Waals surface area contributed by atoms with Gasteiger partial charge in [0, 0.05) is 45.6 Å². The average molecular weight is 1060 g/mol. The van der Waals surface area contributed by atoms with Crippen LogP contribution in [0.4, 0.5) is 0 Å². The number of hydrogen-bond acceptors (Lipinski definition) is 9. The first-order chi connectivity index (χ1) is 36.7. The first-order valence-electron chi connectivity index (χ1n) is 31.8. The monoisotopic (exact) mass is 1060 g/mol. The van der Waals surface area contributed by atoms with Crippen LogP contribution < -0.4 is 5.32 Å². The molecule has 0 saturated carbocycles. The Morgan fingerprint density at radius 1 is 0.453 bits per heavy atom. The van der Waals surface area contributed by atoms with Gasteiger partial charge in [-0.15, -0.1) is 0 Å². The van der Waals surface area contributed by atoms with Crippen molar-refractivity contribution in [1.82, 2.24) is 15.1 Å². The van der Waals surface area contributed by atoms with Crippen LogP contribution in [0.5, 0.6) is 0 Å². The molecule has 0 fully saturated rings. The minimum atomic E-state index is -0.521. The molecule has 11 heteroatoms. The van der Waals surface area contributed by atoms with Crippen LogP contribution in [0.1, 0.15) is 286 Å². The van der Waals surface area contributed by atoms with Gasteiger partial charge in [-0.25, -0.2) is 0 Å². The number of amides is 2. The van der Waals surface area contributed by atoms with Gasteiger partial charge in [0.2, 0.25) is 11.8 Å². The molecule has 0 saturated heterocycles. The van der Waals surface area contributed by atoms with E-state index >= 15 is 0 Å². The van der Waals surface area contributed by atoms with Crippen LogP contribution in [-0.2, 0) is 38.1 Å². The highest BCUT2D eigenvalue weighted by Gasteiger charge is 2.29. The number of ether oxygens (including phenoxy) is 4. The summed E-state index contributed by atoms with van der Waals surface area (Å²) in [6.07, 6.45) is 44.2. The Morgan fingerprint density at radius 3 is 1.59 bits per heavy atom. The molecule has 0 aliphatic carbocycles.